The van der Waals surface area contributed by atoms with Crippen LogP contribution in [0.5, 0.6) is 0 Å². The number of hydrogen-bond donors (Lipinski definition) is 1. The number of nitrogens with zero attached hydrogens (tertiary/aromatic N) is 1. The van der Waals surface area contributed by atoms with Gasteiger partial charge < -0.3 is 10.1 Å². The molecule has 1 N–H and O–H groups in total. The Kier molecular flexibility index (Phi) is 5.93. The second-order valence-corrected chi connectivity index (χ2v) is 9.72. The number of carbonyl (C=O) groups excluding carboxylic acids is 2. The molecular formula is C25H28N2O3S. The molecule has 1 unspecified atom stereocenters. The van der Waals surface area contributed by atoms with Crippen LogP contribution in [0.4, 0.5) is 4.79 Å². The number of nitrogens with one attached hydrogen (secondary N) is 1. The van der Waals surface area contributed by atoms with Crippen LogP contribution in [0.2, 0.25) is 0 Å². The Bertz CT molecular complexity index is 1000. The Morgan fingerprint density at radius 1 is 1.13 bits per heavy atom. The zero-order valence-electron chi connectivity index (χ0n) is 18.3. The van der Waals surface area contributed by atoms with Crippen molar-refractivity contribution < 1.29 is 14.3 Å². The summed E-state index contributed by atoms with van der Waals surface area (Å²) < 4.78 is 5.70. The Labute approximate surface area is 187 Å². The lowest BCUT2D eigenvalue weighted by Gasteiger charge is -2.24. The summed E-state index contributed by atoms with van der Waals surface area (Å²) >= 11 is 1.13. The Morgan fingerprint density at radius 2 is 1.71 bits per heavy atom. The van der Waals surface area contributed by atoms with Crippen LogP contribution < -0.4 is 5.32 Å². The normalized spacial score (nSPS) is 18.7. The quantitative estimate of drug-likeness (QED) is 0.659. The number of carbonyl (C=O) groups is 2. The molecule has 6 heteroatoms. The summed E-state index contributed by atoms with van der Waals surface area (Å²) in [5, 5.41) is 3.64. The van der Waals surface area contributed by atoms with E-state index in [1.54, 1.807) is 13.8 Å². The highest BCUT2D eigenvalue weighted by atomic mass is 32.2. The molecule has 5 nitrogen and oxygen atoms in total. The van der Waals surface area contributed by atoms with Crippen molar-refractivity contribution in [2.75, 3.05) is 6.61 Å². The first-order valence-corrected chi connectivity index (χ1v) is 11.6. The van der Waals surface area contributed by atoms with Crippen LogP contribution in [-0.2, 0) is 9.53 Å². The van der Waals surface area contributed by atoms with E-state index < -0.39 is 11.6 Å². The number of benzene rings is 2. The highest BCUT2D eigenvalue weighted by Crippen LogP contribution is 2.44. The molecule has 2 atom stereocenters. The van der Waals surface area contributed by atoms with Crippen LogP contribution in [0.3, 0.4) is 0 Å². The minimum Gasteiger partial charge on any atom is -0.449 e. The van der Waals surface area contributed by atoms with Gasteiger partial charge in [-0.2, -0.15) is 0 Å². The number of ether oxygens (including phenoxy) is 1. The van der Waals surface area contributed by atoms with Crippen molar-refractivity contribution in [3.8, 4) is 11.1 Å². The van der Waals surface area contributed by atoms with Crippen LogP contribution in [0.25, 0.3) is 11.1 Å². The topological polar surface area (TPSA) is 67.8 Å². The molecule has 0 aromatic heterocycles. The lowest BCUT2D eigenvalue weighted by Crippen LogP contribution is -2.44. The van der Waals surface area contributed by atoms with Crippen molar-refractivity contribution in [2.24, 2.45) is 10.9 Å². The average Bonchev–Trinajstić information content (AvgIpc) is 3.23. The minimum atomic E-state index is -0.755. The number of aliphatic imine (C=N–C) groups is 1. The van der Waals surface area contributed by atoms with Gasteiger partial charge in [-0.1, -0.05) is 68.8 Å². The van der Waals surface area contributed by atoms with E-state index in [2.05, 4.69) is 41.5 Å². The van der Waals surface area contributed by atoms with Crippen molar-refractivity contribution in [3.63, 3.8) is 0 Å². The van der Waals surface area contributed by atoms with E-state index in [1.165, 1.54) is 22.3 Å². The number of amides is 1. The molecule has 0 spiro atoms. The molecule has 0 fully saturated rings. The number of alkyl carbamates (subject to hydrolysis) is 1. The fourth-order valence-corrected chi connectivity index (χ4v) is 5.32. The van der Waals surface area contributed by atoms with Gasteiger partial charge in [0.2, 0.25) is 5.12 Å². The summed E-state index contributed by atoms with van der Waals surface area (Å²) in [5.74, 6) is 0.146. The third-order valence-electron chi connectivity index (χ3n) is 6.18. The number of fused-ring (bicyclic) bond motifs is 3. The molecule has 2 aromatic rings. The summed E-state index contributed by atoms with van der Waals surface area (Å²) in [4.78, 5) is 29.6. The van der Waals surface area contributed by atoms with E-state index in [9.17, 15) is 9.59 Å². The fourth-order valence-electron chi connectivity index (χ4n) is 4.15. The monoisotopic (exact) mass is 436 g/mol. The molecule has 0 saturated carbocycles. The van der Waals surface area contributed by atoms with Gasteiger partial charge in [-0.15, -0.1) is 0 Å². The fraction of sp³-hybridized carbons (Fsp3) is 0.400. The van der Waals surface area contributed by atoms with Crippen LogP contribution in [-0.4, -0.2) is 34.4 Å². The van der Waals surface area contributed by atoms with Gasteiger partial charge in [0.05, 0.1) is 11.1 Å². The molecule has 0 bridgehead atoms. The Morgan fingerprint density at radius 3 is 2.23 bits per heavy atom. The third-order valence-corrected chi connectivity index (χ3v) is 7.42. The third kappa shape index (κ3) is 4.13. The molecule has 1 heterocycles. The first-order valence-electron chi connectivity index (χ1n) is 10.8. The highest BCUT2D eigenvalue weighted by molar-refractivity contribution is 8.27. The summed E-state index contributed by atoms with van der Waals surface area (Å²) in [6, 6.07) is 16.2. The second kappa shape index (κ2) is 8.50. The van der Waals surface area contributed by atoms with Gasteiger partial charge in [0.25, 0.3) is 0 Å². The molecular weight excluding hydrogens is 408 g/mol. The van der Waals surface area contributed by atoms with Crippen LogP contribution in [0, 0.1) is 5.92 Å². The van der Waals surface area contributed by atoms with Gasteiger partial charge in [0, 0.05) is 5.92 Å². The van der Waals surface area contributed by atoms with Gasteiger partial charge in [0.15, 0.2) is 0 Å². The van der Waals surface area contributed by atoms with E-state index in [1.807, 2.05) is 31.2 Å². The average molecular weight is 437 g/mol. The number of hydrogen-bond acceptors (Lipinski definition) is 5. The molecule has 2 aliphatic rings. The molecule has 1 aliphatic heterocycles. The zero-order chi connectivity index (χ0) is 22.2. The van der Waals surface area contributed by atoms with E-state index in [-0.39, 0.29) is 29.6 Å². The van der Waals surface area contributed by atoms with Crippen LogP contribution in [0.1, 0.15) is 51.2 Å². The van der Waals surface area contributed by atoms with Crippen molar-refractivity contribution in [1.82, 2.24) is 5.32 Å². The van der Waals surface area contributed by atoms with Crippen LogP contribution >= 0.6 is 11.8 Å². The van der Waals surface area contributed by atoms with Crippen molar-refractivity contribution in [3.05, 3.63) is 59.7 Å². The SMILES string of the molecule is CCC(C)[C@H](NC(=O)OCC1c2ccccc2-c2ccccc21)C1=NC(C)(C)C(=O)S1. The molecule has 4 rings (SSSR count). The Hall–Kier alpha value is -2.60. The van der Waals surface area contributed by atoms with Crippen molar-refractivity contribution in [1.29, 1.82) is 0 Å². The highest BCUT2D eigenvalue weighted by Gasteiger charge is 2.40. The molecule has 1 amide bonds. The summed E-state index contributed by atoms with van der Waals surface area (Å²) in [6.45, 7) is 7.97. The van der Waals surface area contributed by atoms with E-state index in [0.717, 1.165) is 18.2 Å². The standard InChI is InChI=1S/C25H28N2O3S/c1-5-15(2)21(22-27-25(3,4)23(28)31-22)26-24(29)30-14-20-18-12-8-6-10-16(18)17-11-7-9-13-19(17)20/h6-13,15,20-21H,5,14H2,1-4H3,(H,26,29)/t15?,21-/m0/s1. The maximum atomic E-state index is 12.8. The predicted octanol–water partition coefficient (Wildman–Crippen LogP) is 5.39. The number of rotatable bonds is 6. The van der Waals surface area contributed by atoms with E-state index in [0.29, 0.717) is 5.04 Å². The van der Waals surface area contributed by atoms with Gasteiger partial charge >= 0.3 is 6.09 Å². The van der Waals surface area contributed by atoms with Gasteiger partial charge in [-0.3, -0.25) is 9.79 Å². The van der Waals surface area contributed by atoms with E-state index in [4.69, 9.17) is 4.74 Å². The maximum Gasteiger partial charge on any atom is 0.407 e. The molecule has 162 valence electrons. The summed E-state index contributed by atoms with van der Waals surface area (Å²) in [5.41, 5.74) is 3.99. The van der Waals surface area contributed by atoms with Crippen LogP contribution in [0.15, 0.2) is 53.5 Å². The van der Waals surface area contributed by atoms with Gasteiger partial charge in [-0.25, -0.2) is 4.79 Å². The summed E-state index contributed by atoms with van der Waals surface area (Å²) in [6.07, 6.45) is 0.371. The molecule has 0 saturated heterocycles. The molecule has 2 aromatic carbocycles. The summed E-state index contributed by atoms with van der Waals surface area (Å²) in [7, 11) is 0. The van der Waals surface area contributed by atoms with E-state index >= 15 is 0 Å². The van der Waals surface area contributed by atoms with Crippen molar-refractivity contribution >= 4 is 28.0 Å². The van der Waals surface area contributed by atoms with Crippen molar-refractivity contribution in [2.45, 2.75) is 51.6 Å². The molecule has 1 aliphatic carbocycles. The lowest BCUT2D eigenvalue weighted by atomic mass is 9.98. The van der Waals surface area contributed by atoms with Gasteiger partial charge in [0.1, 0.15) is 12.1 Å². The lowest BCUT2D eigenvalue weighted by molar-refractivity contribution is -0.114. The largest absolute Gasteiger partial charge is 0.449 e. The zero-order valence-corrected chi connectivity index (χ0v) is 19.2. The Balaban J connectivity index is 1.48. The smallest absolute Gasteiger partial charge is 0.407 e. The number of thioether (sulfide) groups is 1. The minimum absolute atomic E-state index is 0.00476. The van der Waals surface area contributed by atoms with Gasteiger partial charge in [-0.05, 0) is 53.8 Å². The maximum absolute atomic E-state index is 12.8. The molecule has 31 heavy (non-hydrogen) atoms. The predicted molar refractivity (Wildman–Crippen MR) is 126 cm³/mol. The molecule has 0 radical (unpaired) electrons. The second-order valence-electron chi connectivity index (χ2n) is 8.73. The first-order chi connectivity index (χ1) is 14.8. The first kappa shape index (κ1) is 21.6.